The number of amidine groups is 1. The van der Waals surface area contributed by atoms with Crippen LogP contribution in [0.5, 0.6) is 0 Å². The first-order valence-electron chi connectivity index (χ1n) is 7.45. The number of benzene rings is 2. The number of rotatable bonds is 0. The largest absolute Gasteiger partial charge is 0.341 e. The van der Waals surface area contributed by atoms with Crippen molar-refractivity contribution in [3.05, 3.63) is 53.2 Å². The molecule has 2 aliphatic heterocycles. The lowest BCUT2D eigenvalue weighted by Crippen LogP contribution is -2.33. The van der Waals surface area contributed by atoms with Gasteiger partial charge in [0.25, 0.3) is 0 Å². The first-order chi connectivity index (χ1) is 10.8. The Morgan fingerprint density at radius 2 is 2.00 bits per heavy atom. The molecule has 0 spiro atoms. The molecule has 5 rings (SSSR count). The lowest BCUT2D eigenvalue weighted by molar-refractivity contribution is 0.945. The lowest BCUT2D eigenvalue weighted by Gasteiger charge is -2.29. The Labute approximate surface area is 133 Å². The van der Waals surface area contributed by atoms with Crippen LogP contribution >= 0.6 is 11.6 Å². The van der Waals surface area contributed by atoms with Gasteiger partial charge in [-0.1, -0.05) is 29.8 Å². The summed E-state index contributed by atoms with van der Waals surface area (Å²) in [6.07, 6.45) is 0. The van der Waals surface area contributed by atoms with E-state index in [0.717, 1.165) is 23.9 Å². The number of hydrogen-bond acceptors (Lipinski definition) is 2. The number of aryl methyl sites for hydroxylation is 1. The molecule has 0 aliphatic carbocycles. The average molecular weight is 308 g/mol. The highest BCUT2D eigenvalue weighted by Gasteiger charge is 2.34. The van der Waals surface area contributed by atoms with Gasteiger partial charge >= 0.3 is 0 Å². The van der Waals surface area contributed by atoms with E-state index in [1.807, 2.05) is 6.07 Å². The molecule has 22 heavy (non-hydrogen) atoms. The summed E-state index contributed by atoms with van der Waals surface area (Å²) in [4.78, 5) is 7.10. The van der Waals surface area contributed by atoms with Crippen LogP contribution < -0.4 is 4.90 Å². The molecular weight excluding hydrogens is 294 g/mol. The first-order valence-corrected chi connectivity index (χ1v) is 7.83. The van der Waals surface area contributed by atoms with Crippen molar-refractivity contribution in [2.45, 2.75) is 0 Å². The molecule has 1 aromatic heterocycles. The topological polar surface area (TPSA) is 20.5 Å². The number of aromatic nitrogens is 1. The van der Waals surface area contributed by atoms with Crippen molar-refractivity contribution < 1.29 is 0 Å². The minimum atomic E-state index is 0.772. The van der Waals surface area contributed by atoms with Gasteiger partial charge in [0.1, 0.15) is 0 Å². The van der Waals surface area contributed by atoms with Crippen molar-refractivity contribution in [1.82, 2.24) is 4.57 Å². The number of fused-ring (bicyclic) bond motifs is 8. The summed E-state index contributed by atoms with van der Waals surface area (Å²) in [5.41, 5.74) is 6.17. The lowest BCUT2D eigenvalue weighted by atomic mass is 9.95. The Kier molecular flexibility index (Phi) is 2.32. The van der Waals surface area contributed by atoms with Gasteiger partial charge in [0.2, 0.25) is 0 Å². The maximum absolute atomic E-state index is 6.26. The van der Waals surface area contributed by atoms with Crippen molar-refractivity contribution in [1.29, 1.82) is 0 Å². The highest BCUT2D eigenvalue weighted by Crippen LogP contribution is 2.45. The zero-order valence-corrected chi connectivity index (χ0v) is 12.9. The molecule has 0 radical (unpaired) electrons. The van der Waals surface area contributed by atoms with Gasteiger partial charge in [-0.2, -0.15) is 0 Å². The van der Waals surface area contributed by atoms with Crippen LogP contribution in [0.15, 0.2) is 47.5 Å². The summed E-state index contributed by atoms with van der Waals surface area (Å²) in [5.74, 6) is 1.09. The number of anilines is 1. The zero-order chi connectivity index (χ0) is 14.8. The van der Waals surface area contributed by atoms with E-state index in [0.29, 0.717) is 0 Å². The summed E-state index contributed by atoms with van der Waals surface area (Å²) >= 11 is 6.26. The molecule has 3 nitrogen and oxygen atoms in total. The van der Waals surface area contributed by atoms with Crippen molar-refractivity contribution in [3.8, 4) is 11.1 Å². The van der Waals surface area contributed by atoms with Crippen molar-refractivity contribution in [3.63, 3.8) is 0 Å². The molecule has 0 N–H and O–H groups in total. The Hall–Kier alpha value is -2.26. The Balaban J connectivity index is 2.00. The van der Waals surface area contributed by atoms with E-state index in [4.69, 9.17) is 16.6 Å². The standard InChI is InChI=1S/C18H14ClN3/c1-21-14-7-6-11(19)10-13(14)16-12-4-2-3-5-15(12)22-9-8-20-18(22)17(16)21/h2-7,10H,8-9H2,1H3. The smallest absolute Gasteiger partial charge is 0.153 e. The number of nitrogens with zero attached hydrogens (tertiary/aromatic N) is 3. The molecule has 0 atom stereocenters. The molecule has 0 saturated carbocycles. The molecule has 108 valence electrons. The van der Waals surface area contributed by atoms with Crippen LogP contribution in [0, 0.1) is 0 Å². The fourth-order valence-electron chi connectivity index (χ4n) is 3.76. The fourth-order valence-corrected chi connectivity index (χ4v) is 3.93. The molecule has 0 bridgehead atoms. The SMILES string of the molecule is Cn1c2c(c3cc(Cl)ccc31)-c1ccccc1N1CCN=C21. The molecule has 2 aliphatic rings. The number of halogens is 1. The maximum Gasteiger partial charge on any atom is 0.153 e. The quantitative estimate of drug-likeness (QED) is 0.613. The van der Waals surface area contributed by atoms with Gasteiger partial charge in [-0.15, -0.1) is 0 Å². The Morgan fingerprint density at radius 3 is 2.91 bits per heavy atom. The van der Waals surface area contributed by atoms with Crippen LogP contribution in [0.4, 0.5) is 5.69 Å². The van der Waals surface area contributed by atoms with Crippen LogP contribution in [-0.2, 0) is 7.05 Å². The van der Waals surface area contributed by atoms with Crippen LogP contribution in [0.25, 0.3) is 22.0 Å². The number of para-hydroxylation sites is 1. The molecule has 0 fully saturated rings. The highest BCUT2D eigenvalue weighted by molar-refractivity contribution is 6.32. The molecule has 3 heterocycles. The average Bonchev–Trinajstić information content (AvgIpc) is 3.11. The summed E-state index contributed by atoms with van der Waals surface area (Å²) in [5, 5.41) is 1.97. The minimum Gasteiger partial charge on any atom is -0.341 e. The van der Waals surface area contributed by atoms with Crippen LogP contribution in [0.3, 0.4) is 0 Å². The van der Waals surface area contributed by atoms with Gasteiger partial charge < -0.3 is 9.47 Å². The normalized spacial score (nSPS) is 15.5. The molecule has 0 amide bonds. The summed E-state index contributed by atoms with van der Waals surface area (Å²) in [6.45, 7) is 1.81. The van der Waals surface area contributed by atoms with E-state index in [1.54, 1.807) is 0 Å². The van der Waals surface area contributed by atoms with Gasteiger partial charge in [0.15, 0.2) is 5.84 Å². The van der Waals surface area contributed by atoms with Gasteiger partial charge in [-0.25, -0.2) is 0 Å². The van der Waals surface area contributed by atoms with Crippen molar-refractivity contribution in [2.24, 2.45) is 12.0 Å². The fraction of sp³-hybridized carbons (Fsp3) is 0.167. The van der Waals surface area contributed by atoms with Crippen LogP contribution in [0.2, 0.25) is 5.02 Å². The molecule has 3 aromatic rings. The Bertz CT molecular complexity index is 968. The van der Waals surface area contributed by atoms with Gasteiger partial charge in [0.05, 0.1) is 17.9 Å². The van der Waals surface area contributed by atoms with Crippen LogP contribution in [-0.4, -0.2) is 23.5 Å². The molecule has 4 heteroatoms. The number of aliphatic imine (C=N–C) groups is 1. The van der Waals surface area contributed by atoms with E-state index < -0.39 is 0 Å². The second-order valence-corrected chi connectivity index (χ2v) is 6.25. The molecular formula is C18H14ClN3. The van der Waals surface area contributed by atoms with E-state index >= 15 is 0 Å². The zero-order valence-electron chi connectivity index (χ0n) is 12.2. The molecule has 0 unspecified atom stereocenters. The third kappa shape index (κ3) is 1.39. The second kappa shape index (κ2) is 4.14. The predicted octanol–water partition coefficient (Wildman–Crippen LogP) is 4.08. The Morgan fingerprint density at radius 1 is 1.14 bits per heavy atom. The predicted molar refractivity (Wildman–Crippen MR) is 92.1 cm³/mol. The molecule has 2 aromatic carbocycles. The van der Waals surface area contributed by atoms with Gasteiger partial charge in [-0.3, -0.25) is 4.99 Å². The van der Waals surface area contributed by atoms with Crippen LogP contribution in [0.1, 0.15) is 5.69 Å². The van der Waals surface area contributed by atoms with Crippen molar-refractivity contribution in [2.75, 3.05) is 18.0 Å². The van der Waals surface area contributed by atoms with Gasteiger partial charge in [0, 0.05) is 40.6 Å². The maximum atomic E-state index is 6.26. The highest BCUT2D eigenvalue weighted by atomic mass is 35.5. The summed E-state index contributed by atoms with van der Waals surface area (Å²) < 4.78 is 2.24. The van der Waals surface area contributed by atoms with Crippen molar-refractivity contribution >= 4 is 34.0 Å². The van der Waals surface area contributed by atoms with E-state index in [-0.39, 0.29) is 0 Å². The van der Waals surface area contributed by atoms with E-state index in [2.05, 4.69) is 52.9 Å². The third-order valence-corrected chi connectivity index (χ3v) is 4.91. The minimum absolute atomic E-state index is 0.772. The van der Waals surface area contributed by atoms with E-state index in [1.165, 1.54) is 33.4 Å². The molecule has 0 saturated heterocycles. The monoisotopic (exact) mass is 307 g/mol. The number of hydrogen-bond donors (Lipinski definition) is 0. The third-order valence-electron chi connectivity index (χ3n) is 4.68. The van der Waals surface area contributed by atoms with Gasteiger partial charge in [-0.05, 0) is 24.3 Å². The first kappa shape index (κ1) is 12.3. The second-order valence-electron chi connectivity index (χ2n) is 5.82. The summed E-state index contributed by atoms with van der Waals surface area (Å²) in [6, 6.07) is 14.7. The summed E-state index contributed by atoms with van der Waals surface area (Å²) in [7, 11) is 2.11. The van der Waals surface area contributed by atoms with E-state index in [9.17, 15) is 0 Å².